The second-order valence-electron chi connectivity index (χ2n) is 6.19. The number of anilines is 1. The van der Waals surface area contributed by atoms with E-state index in [9.17, 15) is 19.2 Å². The molecule has 30 heavy (non-hydrogen) atoms. The van der Waals surface area contributed by atoms with Gasteiger partial charge in [0, 0.05) is 11.8 Å². The van der Waals surface area contributed by atoms with Crippen molar-refractivity contribution in [2.75, 3.05) is 25.6 Å². The first kappa shape index (κ1) is 22.4. The largest absolute Gasteiger partial charge is 0.465 e. The minimum Gasteiger partial charge on any atom is -0.465 e. The molecule has 8 heteroatoms. The number of esters is 2. The van der Waals surface area contributed by atoms with Gasteiger partial charge in [-0.1, -0.05) is 36.4 Å². The van der Waals surface area contributed by atoms with Crippen LogP contribution < -0.4 is 10.6 Å². The summed E-state index contributed by atoms with van der Waals surface area (Å²) in [5.41, 5.74) is 2.25. The van der Waals surface area contributed by atoms with E-state index in [1.807, 2.05) is 30.3 Å². The standard InChI is InChI=1S/C22H22N2O6/c1-15-8-10-17(22(28)29-2)12-18(15)24-20(26)14-30-21(27)13-23-19(25)11-9-16-6-4-3-5-7-16/h3-12H,13-14H2,1-2H3,(H,23,25)(H,24,26)/b11-9+. The molecule has 2 aromatic carbocycles. The predicted molar refractivity (Wildman–Crippen MR) is 111 cm³/mol. The molecule has 0 heterocycles. The first-order chi connectivity index (χ1) is 14.4. The number of hydrogen-bond acceptors (Lipinski definition) is 6. The molecule has 0 spiro atoms. The zero-order chi connectivity index (χ0) is 21.9. The van der Waals surface area contributed by atoms with E-state index in [0.717, 1.165) is 11.1 Å². The predicted octanol–water partition coefficient (Wildman–Crippen LogP) is 2.09. The van der Waals surface area contributed by atoms with Crippen molar-refractivity contribution in [3.05, 3.63) is 71.3 Å². The lowest BCUT2D eigenvalue weighted by atomic mass is 10.1. The molecule has 0 unspecified atom stereocenters. The maximum atomic E-state index is 12.0. The highest BCUT2D eigenvalue weighted by atomic mass is 16.5. The van der Waals surface area contributed by atoms with Crippen LogP contribution in [0.3, 0.4) is 0 Å². The molecule has 8 nitrogen and oxygen atoms in total. The van der Waals surface area contributed by atoms with Gasteiger partial charge in [-0.2, -0.15) is 0 Å². The number of rotatable bonds is 8. The van der Waals surface area contributed by atoms with Crippen LogP contribution in [0.1, 0.15) is 21.5 Å². The fourth-order valence-corrected chi connectivity index (χ4v) is 2.34. The topological polar surface area (TPSA) is 111 Å². The summed E-state index contributed by atoms with van der Waals surface area (Å²) in [7, 11) is 1.26. The summed E-state index contributed by atoms with van der Waals surface area (Å²) >= 11 is 0. The lowest BCUT2D eigenvalue weighted by molar-refractivity contribution is -0.146. The van der Waals surface area contributed by atoms with Gasteiger partial charge in [-0.25, -0.2) is 4.79 Å². The molecule has 0 fully saturated rings. The molecule has 2 aromatic rings. The minimum absolute atomic E-state index is 0.279. The molecular weight excluding hydrogens is 388 g/mol. The van der Waals surface area contributed by atoms with Crippen LogP contribution in [0.2, 0.25) is 0 Å². The third-order valence-corrected chi connectivity index (χ3v) is 3.93. The molecule has 0 aliphatic heterocycles. The highest BCUT2D eigenvalue weighted by Crippen LogP contribution is 2.17. The van der Waals surface area contributed by atoms with Crippen molar-refractivity contribution in [2.45, 2.75) is 6.92 Å². The molecule has 0 saturated carbocycles. The van der Waals surface area contributed by atoms with Gasteiger partial charge in [0.1, 0.15) is 6.54 Å². The van der Waals surface area contributed by atoms with Crippen LogP contribution in [0.4, 0.5) is 5.69 Å². The summed E-state index contributed by atoms with van der Waals surface area (Å²) < 4.78 is 9.49. The highest BCUT2D eigenvalue weighted by Gasteiger charge is 2.12. The Morgan fingerprint density at radius 3 is 2.47 bits per heavy atom. The lowest BCUT2D eigenvalue weighted by Crippen LogP contribution is -2.31. The molecule has 0 aliphatic carbocycles. The van der Waals surface area contributed by atoms with Crippen molar-refractivity contribution >= 4 is 35.5 Å². The first-order valence-electron chi connectivity index (χ1n) is 9.04. The van der Waals surface area contributed by atoms with E-state index in [0.29, 0.717) is 5.69 Å². The Bertz CT molecular complexity index is 953. The van der Waals surface area contributed by atoms with Gasteiger partial charge in [0.25, 0.3) is 5.91 Å². The third-order valence-electron chi connectivity index (χ3n) is 3.93. The van der Waals surface area contributed by atoms with Gasteiger partial charge < -0.3 is 20.1 Å². The Kier molecular flexibility index (Phi) is 8.31. The number of amides is 2. The van der Waals surface area contributed by atoms with Gasteiger partial charge in [0.15, 0.2) is 6.61 Å². The normalized spacial score (nSPS) is 10.3. The molecule has 0 aliphatic rings. The molecule has 156 valence electrons. The zero-order valence-corrected chi connectivity index (χ0v) is 16.6. The van der Waals surface area contributed by atoms with Crippen molar-refractivity contribution in [3.8, 4) is 0 Å². The molecule has 0 atom stereocenters. The van der Waals surface area contributed by atoms with Gasteiger partial charge in [-0.15, -0.1) is 0 Å². The van der Waals surface area contributed by atoms with Gasteiger partial charge in [0.2, 0.25) is 5.91 Å². The first-order valence-corrected chi connectivity index (χ1v) is 9.04. The Morgan fingerprint density at radius 2 is 1.77 bits per heavy atom. The molecule has 0 bridgehead atoms. The number of methoxy groups -OCH3 is 1. The molecular formula is C22H22N2O6. The smallest absolute Gasteiger partial charge is 0.337 e. The number of benzene rings is 2. The van der Waals surface area contributed by atoms with Crippen LogP contribution in [0.15, 0.2) is 54.6 Å². The number of ether oxygens (including phenoxy) is 2. The average Bonchev–Trinajstić information content (AvgIpc) is 2.76. The Morgan fingerprint density at radius 1 is 1.03 bits per heavy atom. The van der Waals surface area contributed by atoms with Crippen molar-refractivity contribution in [1.82, 2.24) is 5.32 Å². The van der Waals surface area contributed by atoms with Crippen LogP contribution in [0, 0.1) is 6.92 Å². The van der Waals surface area contributed by atoms with Crippen LogP contribution in [0.25, 0.3) is 6.08 Å². The lowest BCUT2D eigenvalue weighted by Gasteiger charge is -2.10. The van der Waals surface area contributed by atoms with E-state index < -0.39 is 30.4 Å². The molecule has 0 radical (unpaired) electrons. The monoisotopic (exact) mass is 410 g/mol. The van der Waals surface area contributed by atoms with E-state index in [1.165, 1.54) is 19.3 Å². The van der Waals surface area contributed by atoms with E-state index >= 15 is 0 Å². The number of nitrogens with one attached hydrogen (secondary N) is 2. The number of hydrogen-bond donors (Lipinski definition) is 2. The summed E-state index contributed by atoms with van der Waals surface area (Å²) in [6, 6.07) is 13.9. The zero-order valence-electron chi connectivity index (χ0n) is 16.6. The fraction of sp³-hybridized carbons (Fsp3) is 0.182. The summed E-state index contributed by atoms with van der Waals surface area (Å²) in [5.74, 6) is -2.33. The van der Waals surface area contributed by atoms with Crippen LogP contribution >= 0.6 is 0 Å². The highest BCUT2D eigenvalue weighted by molar-refractivity contribution is 5.97. The summed E-state index contributed by atoms with van der Waals surface area (Å²) in [4.78, 5) is 47.1. The van der Waals surface area contributed by atoms with Gasteiger partial charge in [0.05, 0.1) is 12.7 Å². The van der Waals surface area contributed by atoms with E-state index in [4.69, 9.17) is 4.74 Å². The molecule has 2 rings (SSSR count). The van der Waals surface area contributed by atoms with Crippen molar-refractivity contribution in [2.24, 2.45) is 0 Å². The van der Waals surface area contributed by atoms with Crippen molar-refractivity contribution in [1.29, 1.82) is 0 Å². The summed E-state index contributed by atoms with van der Waals surface area (Å²) in [6.45, 7) is 0.847. The molecule has 2 N–H and O–H groups in total. The second-order valence-corrected chi connectivity index (χ2v) is 6.19. The van der Waals surface area contributed by atoms with Crippen LogP contribution in [-0.4, -0.2) is 44.0 Å². The molecule has 0 aromatic heterocycles. The van der Waals surface area contributed by atoms with Crippen molar-refractivity contribution < 1.29 is 28.7 Å². The Hall–Kier alpha value is -3.94. The third kappa shape index (κ3) is 7.23. The quantitative estimate of drug-likeness (QED) is 0.509. The fourth-order valence-electron chi connectivity index (χ4n) is 2.34. The Balaban J connectivity index is 1.77. The Labute approximate surface area is 173 Å². The maximum absolute atomic E-state index is 12.0. The number of aryl methyl sites for hydroxylation is 1. The van der Waals surface area contributed by atoms with Gasteiger partial charge >= 0.3 is 11.9 Å². The summed E-state index contributed by atoms with van der Waals surface area (Å²) in [5, 5.41) is 4.94. The van der Waals surface area contributed by atoms with E-state index in [1.54, 1.807) is 25.1 Å². The van der Waals surface area contributed by atoms with Gasteiger partial charge in [-0.05, 0) is 36.3 Å². The summed E-state index contributed by atoms with van der Waals surface area (Å²) in [6.07, 6.45) is 2.91. The molecule has 0 saturated heterocycles. The minimum atomic E-state index is -0.758. The van der Waals surface area contributed by atoms with Crippen molar-refractivity contribution in [3.63, 3.8) is 0 Å². The number of carbonyl (C=O) groups excluding carboxylic acids is 4. The maximum Gasteiger partial charge on any atom is 0.337 e. The van der Waals surface area contributed by atoms with E-state index in [2.05, 4.69) is 15.4 Å². The molecule has 2 amide bonds. The average molecular weight is 410 g/mol. The number of carbonyl (C=O) groups is 4. The van der Waals surface area contributed by atoms with Gasteiger partial charge in [-0.3, -0.25) is 14.4 Å². The van der Waals surface area contributed by atoms with Crippen LogP contribution in [-0.2, 0) is 23.9 Å². The van der Waals surface area contributed by atoms with E-state index in [-0.39, 0.29) is 12.1 Å². The SMILES string of the molecule is COC(=O)c1ccc(C)c(NC(=O)COC(=O)CNC(=O)/C=C/c2ccccc2)c1. The van der Waals surface area contributed by atoms with Crippen LogP contribution in [0.5, 0.6) is 0 Å². The second kappa shape index (κ2) is 11.2.